The molecule has 1 aromatic rings. The second-order valence-corrected chi connectivity index (χ2v) is 5.95. The van der Waals surface area contributed by atoms with Crippen molar-refractivity contribution < 1.29 is 9.53 Å². The average Bonchev–Trinajstić information content (AvgIpc) is 2.85. The highest BCUT2D eigenvalue weighted by molar-refractivity contribution is 5.68. The van der Waals surface area contributed by atoms with Crippen LogP contribution in [0, 0.1) is 11.3 Å². The number of nitrogens with one attached hydrogen (secondary N) is 1. The summed E-state index contributed by atoms with van der Waals surface area (Å²) in [6, 6.07) is 1.96. The molecule has 0 radical (unpaired) electrons. The molecule has 1 amide bonds. The summed E-state index contributed by atoms with van der Waals surface area (Å²) in [4.78, 5) is 21.9. The molecular weight excluding hydrogens is 270 g/mol. The molecule has 1 aliphatic rings. The predicted molar refractivity (Wildman–Crippen MR) is 76.7 cm³/mol. The van der Waals surface area contributed by atoms with E-state index in [0.717, 1.165) is 13.0 Å². The van der Waals surface area contributed by atoms with E-state index < -0.39 is 11.7 Å². The smallest absolute Gasteiger partial charge is 0.407 e. The molecule has 0 unspecified atom stereocenters. The number of aromatic nitrogens is 2. The van der Waals surface area contributed by atoms with Gasteiger partial charge in [0.25, 0.3) is 0 Å². The molecule has 7 heteroatoms. The fourth-order valence-electron chi connectivity index (χ4n) is 2.10. The number of rotatable bonds is 2. The molecule has 0 aliphatic carbocycles. The predicted octanol–water partition coefficient (Wildman–Crippen LogP) is 1.45. The summed E-state index contributed by atoms with van der Waals surface area (Å²) in [6.45, 7) is 6.93. The zero-order chi connectivity index (χ0) is 15.5. The van der Waals surface area contributed by atoms with Crippen LogP contribution in [0.5, 0.6) is 0 Å². The third-order valence-corrected chi connectivity index (χ3v) is 2.99. The molecule has 2 rings (SSSR count). The third-order valence-electron chi connectivity index (χ3n) is 2.99. The van der Waals surface area contributed by atoms with Crippen molar-refractivity contribution in [3.05, 3.63) is 18.1 Å². The molecule has 7 nitrogen and oxygen atoms in total. The normalized spacial score (nSPS) is 18.2. The standard InChI is InChI=1S/C14H19N5O2/c1-14(2,3)21-13(20)18-10-4-5-19(9-10)12-8-16-11(6-15)7-17-12/h7-8,10H,4-5,9H2,1-3H3,(H,18,20)/t10-/m0/s1. The van der Waals surface area contributed by atoms with Crippen LogP contribution in [0.3, 0.4) is 0 Å². The fraction of sp³-hybridized carbons (Fsp3) is 0.571. The topological polar surface area (TPSA) is 91.1 Å². The first kappa shape index (κ1) is 15.0. The Bertz CT molecular complexity index is 544. The minimum Gasteiger partial charge on any atom is -0.444 e. The van der Waals surface area contributed by atoms with Gasteiger partial charge in [-0.1, -0.05) is 0 Å². The Kier molecular flexibility index (Phi) is 4.26. The molecule has 0 bridgehead atoms. The molecular formula is C14H19N5O2. The van der Waals surface area contributed by atoms with E-state index in [2.05, 4.69) is 15.3 Å². The molecule has 1 aromatic heterocycles. The molecule has 1 fully saturated rings. The van der Waals surface area contributed by atoms with Gasteiger partial charge in [-0.05, 0) is 27.2 Å². The van der Waals surface area contributed by atoms with Crippen LogP contribution in [0.15, 0.2) is 12.4 Å². The highest BCUT2D eigenvalue weighted by atomic mass is 16.6. The van der Waals surface area contributed by atoms with E-state index in [0.29, 0.717) is 18.1 Å². The van der Waals surface area contributed by atoms with Crippen molar-refractivity contribution in [2.24, 2.45) is 0 Å². The van der Waals surface area contributed by atoms with Crippen molar-refractivity contribution in [3.8, 4) is 6.07 Å². The van der Waals surface area contributed by atoms with Gasteiger partial charge in [-0.3, -0.25) is 0 Å². The summed E-state index contributed by atoms with van der Waals surface area (Å²) in [5.41, 5.74) is -0.206. The van der Waals surface area contributed by atoms with Crippen LogP contribution >= 0.6 is 0 Å². The number of ether oxygens (including phenoxy) is 1. The lowest BCUT2D eigenvalue weighted by Crippen LogP contribution is -2.40. The van der Waals surface area contributed by atoms with E-state index in [1.165, 1.54) is 6.20 Å². The number of nitriles is 1. The summed E-state index contributed by atoms with van der Waals surface area (Å²) >= 11 is 0. The quantitative estimate of drug-likeness (QED) is 0.886. The zero-order valence-corrected chi connectivity index (χ0v) is 12.5. The van der Waals surface area contributed by atoms with Crippen molar-refractivity contribution in [1.82, 2.24) is 15.3 Å². The van der Waals surface area contributed by atoms with Crippen LogP contribution in [0.1, 0.15) is 32.9 Å². The van der Waals surface area contributed by atoms with Gasteiger partial charge >= 0.3 is 6.09 Å². The molecule has 0 saturated carbocycles. The number of hydrogen-bond acceptors (Lipinski definition) is 6. The lowest BCUT2D eigenvalue weighted by Gasteiger charge is -2.22. The van der Waals surface area contributed by atoms with E-state index in [1.807, 2.05) is 31.7 Å². The maximum Gasteiger partial charge on any atom is 0.407 e. The minimum atomic E-state index is -0.499. The summed E-state index contributed by atoms with van der Waals surface area (Å²) < 4.78 is 5.24. The molecule has 2 heterocycles. The van der Waals surface area contributed by atoms with Gasteiger partial charge in [-0.25, -0.2) is 14.8 Å². The Balaban J connectivity index is 1.88. The average molecular weight is 289 g/mol. The lowest BCUT2D eigenvalue weighted by molar-refractivity contribution is 0.0509. The summed E-state index contributed by atoms with van der Waals surface area (Å²) in [7, 11) is 0. The zero-order valence-electron chi connectivity index (χ0n) is 12.5. The maximum atomic E-state index is 11.7. The van der Waals surface area contributed by atoms with Gasteiger partial charge in [0.05, 0.1) is 18.4 Å². The Morgan fingerprint density at radius 1 is 1.48 bits per heavy atom. The first-order valence-electron chi connectivity index (χ1n) is 6.84. The Morgan fingerprint density at radius 3 is 2.81 bits per heavy atom. The van der Waals surface area contributed by atoms with E-state index in [-0.39, 0.29) is 6.04 Å². The number of nitrogens with zero attached hydrogens (tertiary/aromatic N) is 4. The van der Waals surface area contributed by atoms with Gasteiger partial charge in [0.15, 0.2) is 5.69 Å². The Labute approximate surface area is 123 Å². The molecule has 1 N–H and O–H groups in total. The second kappa shape index (κ2) is 5.95. The fourth-order valence-corrected chi connectivity index (χ4v) is 2.10. The van der Waals surface area contributed by atoms with Crippen molar-refractivity contribution in [3.63, 3.8) is 0 Å². The van der Waals surface area contributed by atoms with Crippen molar-refractivity contribution in [2.75, 3.05) is 18.0 Å². The minimum absolute atomic E-state index is 0.0253. The number of hydrogen-bond donors (Lipinski definition) is 1. The number of alkyl carbamates (subject to hydrolysis) is 1. The van der Waals surface area contributed by atoms with Crippen LogP contribution in [-0.2, 0) is 4.74 Å². The molecule has 112 valence electrons. The summed E-state index contributed by atoms with van der Waals surface area (Å²) in [5.74, 6) is 0.711. The van der Waals surface area contributed by atoms with Gasteiger partial charge in [0.1, 0.15) is 17.5 Å². The van der Waals surface area contributed by atoms with Crippen molar-refractivity contribution in [1.29, 1.82) is 5.26 Å². The van der Waals surface area contributed by atoms with Gasteiger partial charge in [-0.2, -0.15) is 5.26 Å². The number of anilines is 1. The molecule has 0 spiro atoms. The van der Waals surface area contributed by atoms with Crippen molar-refractivity contribution >= 4 is 11.9 Å². The maximum absolute atomic E-state index is 11.7. The number of amides is 1. The van der Waals surface area contributed by atoms with E-state index in [4.69, 9.17) is 10.00 Å². The molecule has 21 heavy (non-hydrogen) atoms. The second-order valence-electron chi connectivity index (χ2n) is 5.95. The Morgan fingerprint density at radius 2 is 2.24 bits per heavy atom. The largest absolute Gasteiger partial charge is 0.444 e. The first-order chi connectivity index (χ1) is 9.87. The van der Waals surface area contributed by atoms with Crippen LogP contribution in [0.25, 0.3) is 0 Å². The molecule has 1 saturated heterocycles. The van der Waals surface area contributed by atoms with Gasteiger partial charge in [0.2, 0.25) is 0 Å². The number of carbonyl (C=O) groups is 1. The SMILES string of the molecule is CC(C)(C)OC(=O)N[C@H]1CCN(c2cnc(C#N)cn2)C1. The van der Waals surface area contributed by atoms with E-state index in [9.17, 15) is 4.79 Å². The molecule has 1 atom stereocenters. The molecule has 0 aromatic carbocycles. The third kappa shape index (κ3) is 4.31. The van der Waals surface area contributed by atoms with Crippen LogP contribution in [0.2, 0.25) is 0 Å². The van der Waals surface area contributed by atoms with E-state index in [1.54, 1.807) is 6.20 Å². The lowest BCUT2D eigenvalue weighted by atomic mass is 10.2. The highest BCUT2D eigenvalue weighted by Crippen LogP contribution is 2.17. The van der Waals surface area contributed by atoms with Crippen LogP contribution < -0.4 is 10.2 Å². The summed E-state index contributed by atoms with van der Waals surface area (Å²) in [6.07, 6.45) is 3.44. The first-order valence-corrected chi connectivity index (χ1v) is 6.84. The van der Waals surface area contributed by atoms with Crippen LogP contribution in [-0.4, -0.2) is 40.8 Å². The van der Waals surface area contributed by atoms with Gasteiger partial charge < -0.3 is 15.0 Å². The van der Waals surface area contributed by atoms with Crippen LogP contribution in [0.4, 0.5) is 10.6 Å². The highest BCUT2D eigenvalue weighted by Gasteiger charge is 2.26. The summed E-state index contributed by atoms with van der Waals surface area (Å²) in [5, 5.41) is 11.6. The van der Waals surface area contributed by atoms with Gasteiger partial charge in [-0.15, -0.1) is 0 Å². The Hall–Kier alpha value is -2.36. The van der Waals surface area contributed by atoms with E-state index >= 15 is 0 Å². The van der Waals surface area contributed by atoms with Crippen molar-refractivity contribution in [2.45, 2.75) is 38.8 Å². The monoisotopic (exact) mass is 289 g/mol. The number of carbonyl (C=O) groups excluding carboxylic acids is 1. The van der Waals surface area contributed by atoms with Gasteiger partial charge in [0, 0.05) is 13.1 Å². The molecule has 1 aliphatic heterocycles.